The van der Waals surface area contributed by atoms with Gasteiger partial charge in [0.15, 0.2) is 0 Å². The first kappa shape index (κ1) is 17.5. The number of carbonyl (C=O) groups excluding carboxylic acids is 1. The molecule has 3 rings (SSSR count). The summed E-state index contributed by atoms with van der Waals surface area (Å²) in [6.07, 6.45) is 0. The molecule has 0 radical (unpaired) electrons. The molecule has 0 aliphatic heterocycles. The lowest BCUT2D eigenvalue weighted by Crippen LogP contribution is -2.15. The van der Waals surface area contributed by atoms with E-state index in [0.29, 0.717) is 22.5 Å². The number of carbonyl (C=O) groups is 1. The minimum atomic E-state index is -0.0989. The van der Waals surface area contributed by atoms with Crippen LogP contribution in [0.5, 0.6) is 0 Å². The molecule has 0 saturated heterocycles. The van der Waals surface area contributed by atoms with Crippen molar-refractivity contribution < 1.29 is 9.32 Å². The third-order valence-electron chi connectivity index (χ3n) is 3.50. The Hall–Kier alpha value is -2.31. The minimum absolute atomic E-state index is 0.0989. The van der Waals surface area contributed by atoms with Gasteiger partial charge in [0, 0.05) is 16.3 Å². The van der Waals surface area contributed by atoms with Gasteiger partial charge >= 0.3 is 0 Å². The van der Waals surface area contributed by atoms with E-state index in [4.69, 9.17) is 16.1 Å². The summed E-state index contributed by atoms with van der Waals surface area (Å²) in [7, 11) is 0. The third kappa shape index (κ3) is 4.61. The highest BCUT2D eigenvalue weighted by Gasteiger charge is 2.10. The molecular weight excluding hydrogens is 358 g/mol. The van der Waals surface area contributed by atoms with Crippen LogP contribution in [0.25, 0.3) is 11.4 Å². The highest BCUT2D eigenvalue weighted by Crippen LogP contribution is 2.23. The van der Waals surface area contributed by atoms with E-state index in [-0.39, 0.29) is 11.7 Å². The van der Waals surface area contributed by atoms with Crippen LogP contribution in [0.2, 0.25) is 5.02 Å². The van der Waals surface area contributed by atoms with Gasteiger partial charge in [-0.25, -0.2) is 0 Å². The fraction of sp³-hybridized carbons (Fsp3) is 0.167. The molecule has 0 unspecified atom stereocenters. The first-order valence-corrected chi connectivity index (χ1v) is 9.17. The van der Waals surface area contributed by atoms with Crippen LogP contribution in [-0.4, -0.2) is 21.8 Å². The highest BCUT2D eigenvalue weighted by atomic mass is 35.5. The van der Waals surface area contributed by atoms with Crippen molar-refractivity contribution >= 4 is 35.0 Å². The Balaban J connectivity index is 1.50. The zero-order valence-corrected chi connectivity index (χ0v) is 15.1. The van der Waals surface area contributed by atoms with Crippen molar-refractivity contribution in [2.45, 2.75) is 12.7 Å². The zero-order valence-electron chi connectivity index (χ0n) is 13.5. The highest BCUT2D eigenvalue weighted by molar-refractivity contribution is 7.99. The second-order valence-electron chi connectivity index (χ2n) is 5.33. The first-order chi connectivity index (χ1) is 12.1. The molecule has 3 aromatic rings. The van der Waals surface area contributed by atoms with Crippen LogP contribution in [0.1, 0.15) is 11.5 Å². The second-order valence-corrected chi connectivity index (χ2v) is 6.72. The Morgan fingerprint density at radius 3 is 2.80 bits per heavy atom. The summed E-state index contributed by atoms with van der Waals surface area (Å²) in [5, 5.41) is 7.45. The standard InChI is InChI=1S/C18H16ClN3O2S/c1-12-14(19)8-5-9-15(12)20-16(23)10-25-11-17-21-18(22-24-17)13-6-3-2-4-7-13/h2-9H,10-11H2,1H3,(H,20,23). The molecule has 1 aromatic heterocycles. The molecule has 2 aromatic carbocycles. The number of hydrogen-bond donors (Lipinski definition) is 1. The summed E-state index contributed by atoms with van der Waals surface area (Å²) in [5.41, 5.74) is 2.48. The SMILES string of the molecule is Cc1c(Cl)cccc1NC(=O)CSCc1nc(-c2ccccc2)no1. The van der Waals surface area contributed by atoms with Crippen LogP contribution in [0.4, 0.5) is 5.69 Å². The fourth-order valence-electron chi connectivity index (χ4n) is 2.18. The Bertz CT molecular complexity index is 868. The smallest absolute Gasteiger partial charge is 0.236 e. The summed E-state index contributed by atoms with van der Waals surface area (Å²) >= 11 is 7.46. The lowest BCUT2D eigenvalue weighted by atomic mass is 10.2. The zero-order chi connectivity index (χ0) is 17.6. The van der Waals surface area contributed by atoms with Gasteiger partial charge < -0.3 is 9.84 Å². The lowest BCUT2D eigenvalue weighted by molar-refractivity contribution is -0.113. The van der Waals surface area contributed by atoms with E-state index in [9.17, 15) is 4.79 Å². The number of aromatic nitrogens is 2. The maximum atomic E-state index is 12.1. The molecule has 0 saturated carbocycles. The van der Waals surface area contributed by atoms with Crippen molar-refractivity contribution in [3.05, 3.63) is 65.0 Å². The molecule has 7 heteroatoms. The number of rotatable bonds is 6. The number of nitrogens with zero attached hydrogens (tertiary/aromatic N) is 2. The average molecular weight is 374 g/mol. The number of amides is 1. The molecule has 5 nitrogen and oxygen atoms in total. The van der Waals surface area contributed by atoms with Crippen molar-refractivity contribution in [2.24, 2.45) is 0 Å². The number of nitrogens with one attached hydrogen (secondary N) is 1. The molecule has 25 heavy (non-hydrogen) atoms. The van der Waals surface area contributed by atoms with E-state index in [0.717, 1.165) is 16.8 Å². The summed E-state index contributed by atoms with van der Waals surface area (Å²) < 4.78 is 5.22. The molecular formula is C18H16ClN3O2S. The van der Waals surface area contributed by atoms with Crippen LogP contribution in [0.3, 0.4) is 0 Å². The number of thioether (sulfide) groups is 1. The molecule has 0 spiro atoms. The van der Waals surface area contributed by atoms with E-state index in [1.165, 1.54) is 11.8 Å². The second kappa shape index (κ2) is 8.18. The normalized spacial score (nSPS) is 10.6. The predicted molar refractivity (Wildman–Crippen MR) is 101 cm³/mol. The molecule has 0 atom stereocenters. The Morgan fingerprint density at radius 1 is 1.20 bits per heavy atom. The number of anilines is 1. The van der Waals surface area contributed by atoms with E-state index < -0.39 is 0 Å². The van der Waals surface area contributed by atoms with Crippen LogP contribution < -0.4 is 5.32 Å². The van der Waals surface area contributed by atoms with E-state index in [2.05, 4.69) is 15.5 Å². The van der Waals surface area contributed by atoms with Gasteiger partial charge in [0.1, 0.15) is 0 Å². The number of benzene rings is 2. The summed E-state index contributed by atoms with van der Waals surface area (Å²) in [5.74, 6) is 1.71. The van der Waals surface area contributed by atoms with Crippen molar-refractivity contribution in [1.82, 2.24) is 10.1 Å². The molecule has 0 aliphatic carbocycles. The number of halogens is 1. The van der Waals surface area contributed by atoms with E-state index in [1.807, 2.05) is 49.4 Å². The Morgan fingerprint density at radius 2 is 2.00 bits per heavy atom. The van der Waals surface area contributed by atoms with Crippen LogP contribution in [0, 0.1) is 6.92 Å². The van der Waals surface area contributed by atoms with Gasteiger partial charge in [-0.2, -0.15) is 4.98 Å². The van der Waals surface area contributed by atoms with Crippen molar-refractivity contribution in [1.29, 1.82) is 0 Å². The summed E-state index contributed by atoms with van der Waals surface area (Å²) in [4.78, 5) is 16.4. The summed E-state index contributed by atoms with van der Waals surface area (Å²) in [6, 6.07) is 15.0. The Labute approximate surface area is 154 Å². The van der Waals surface area contributed by atoms with Gasteiger partial charge in [0.25, 0.3) is 0 Å². The van der Waals surface area contributed by atoms with Crippen LogP contribution in [-0.2, 0) is 10.5 Å². The van der Waals surface area contributed by atoms with Gasteiger partial charge in [-0.15, -0.1) is 11.8 Å². The van der Waals surface area contributed by atoms with Gasteiger partial charge in [0.2, 0.25) is 17.6 Å². The van der Waals surface area contributed by atoms with Crippen molar-refractivity contribution in [3.8, 4) is 11.4 Å². The number of hydrogen-bond acceptors (Lipinski definition) is 5. The molecule has 1 amide bonds. The van der Waals surface area contributed by atoms with Gasteiger partial charge in [-0.3, -0.25) is 4.79 Å². The van der Waals surface area contributed by atoms with Gasteiger partial charge in [0.05, 0.1) is 11.5 Å². The molecule has 1 N–H and O–H groups in total. The Kier molecular flexibility index (Phi) is 5.73. The van der Waals surface area contributed by atoms with Crippen molar-refractivity contribution in [2.75, 3.05) is 11.1 Å². The largest absolute Gasteiger partial charge is 0.338 e. The van der Waals surface area contributed by atoms with Crippen LogP contribution >= 0.6 is 23.4 Å². The fourth-order valence-corrected chi connectivity index (χ4v) is 3.00. The third-order valence-corrected chi connectivity index (χ3v) is 4.83. The molecule has 0 aliphatic rings. The topological polar surface area (TPSA) is 68.0 Å². The summed E-state index contributed by atoms with van der Waals surface area (Å²) in [6.45, 7) is 1.87. The van der Waals surface area contributed by atoms with Crippen LogP contribution in [0.15, 0.2) is 53.1 Å². The predicted octanol–water partition coefficient (Wildman–Crippen LogP) is 4.57. The van der Waals surface area contributed by atoms with E-state index >= 15 is 0 Å². The first-order valence-electron chi connectivity index (χ1n) is 7.64. The van der Waals surface area contributed by atoms with E-state index in [1.54, 1.807) is 6.07 Å². The molecule has 0 bridgehead atoms. The maximum Gasteiger partial charge on any atom is 0.236 e. The lowest BCUT2D eigenvalue weighted by Gasteiger charge is -2.08. The monoisotopic (exact) mass is 373 g/mol. The molecule has 0 fully saturated rings. The van der Waals surface area contributed by atoms with Gasteiger partial charge in [-0.05, 0) is 24.6 Å². The maximum absolute atomic E-state index is 12.1. The van der Waals surface area contributed by atoms with Crippen molar-refractivity contribution in [3.63, 3.8) is 0 Å². The van der Waals surface area contributed by atoms with Gasteiger partial charge in [-0.1, -0.05) is 53.2 Å². The molecule has 1 heterocycles. The minimum Gasteiger partial charge on any atom is -0.338 e. The average Bonchev–Trinajstić information content (AvgIpc) is 3.09. The molecule has 128 valence electrons. The quantitative estimate of drug-likeness (QED) is 0.685.